The molecule has 26 heavy (non-hydrogen) atoms. The van der Waals surface area contributed by atoms with E-state index in [-0.39, 0.29) is 21.5 Å². The van der Waals surface area contributed by atoms with Gasteiger partial charge in [0.15, 0.2) is 16.6 Å². The summed E-state index contributed by atoms with van der Waals surface area (Å²) in [4.78, 5) is 1.97. The number of benzene rings is 2. The van der Waals surface area contributed by atoms with E-state index in [4.69, 9.17) is 47.0 Å². The third-order valence-corrected chi connectivity index (χ3v) is 5.87. The van der Waals surface area contributed by atoms with Crippen molar-refractivity contribution >= 4 is 52.1 Å². The lowest BCUT2D eigenvalue weighted by molar-refractivity contribution is 0.375. The smallest absolute Gasteiger partial charge is 0.178 e. The summed E-state index contributed by atoms with van der Waals surface area (Å²) in [6.07, 6.45) is 1.41. The topological polar surface area (TPSA) is 55.7 Å². The lowest BCUT2D eigenvalue weighted by Gasteiger charge is -2.32. The van der Waals surface area contributed by atoms with Crippen molar-refractivity contribution in [2.24, 2.45) is 0 Å². The maximum atomic E-state index is 9.91. The van der Waals surface area contributed by atoms with Crippen LogP contribution in [-0.2, 0) is 19.4 Å². The van der Waals surface area contributed by atoms with Crippen molar-refractivity contribution in [2.45, 2.75) is 19.4 Å². The number of thiocarbonyl (C=S) groups is 1. The van der Waals surface area contributed by atoms with E-state index in [1.807, 2.05) is 29.2 Å². The van der Waals surface area contributed by atoms with Crippen molar-refractivity contribution < 1.29 is 10.2 Å². The molecule has 2 aromatic carbocycles. The first-order chi connectivity index (χ1) is 12.4. The monoisotopic (exact) mass is 430 g/mol. The molecule has 0 unspecified atom stereocenters. The van der Waals surface area contributed by atoms with Gasteiger partial charge in [0.1, 0.15) is 0 Å². The Hall–Kier alpha value is -1.40. The summed E-state index contributed by atoms with van der Waals surface area (Å²) in [7, 11) is 0. The Balaban J connectivity index is 1.63. The van der Waals surface area contributed by atoms with E-state index in [0.717, 1.165) is 12.0 Å². The predicted octanol–water partition coefficient (Wildman–Crippen LogP) is 4.53. The molecule has 2 aromatic rings. The van der Waals surface area contributed by atoms with Crippen LogP contribution in [-0.4, -0.2) is 33.3 Å². The molecule has 0 aliphatic carbocycles. The van der Waals surface area contributed by atoms with Crippen molar-refractivity contribution in [3.05, 3.63) is 56.0 Å². The van der Waals surface area contributed by atoms with Crippen LogP contribution in [0.25, 0.3) is 0 Å². The fourth-order valence-corrected chi connectivity index (χ4v) is 3.90. The van der Waals surface area contributed by atoms with Crippen LogP contribution in [0.15, 0.2) is 24.3 Å². The van der Waals surface area contributed by atoms with Gasteiger partial charge in [0.2, 0.25) is 0 Å². The van der Waals surface area contributed by atoms with Crippen molar-refractivity contribution in [3.8, 4) is 11.5 Å². The second-order valence-corrected chi connectivity index (χ2v) is 7.64. The van der Waals surface area contributed by atoms with Gasteiger partial charge in [0.25, 0.3) is 0 Å². The van der Waals surface area contributed by atoms with E-state index in [2.05, 4.69) is 5.32 Å². The van der Waals surface area contributed by atoms with E-state index in [1.165, 1.54) is 5.56 Å². The summed E-state index contributed by atoms with van der Waals surface area (Å²) in [5.74, 6) is -0.758. The van der Waals surface area contributed by atoms with Gasteiger partial charge in [-0.15, -0.1) is 0 Å². The highest BCUT2D eigenvalue weighted by Gasteiger charge is 2.27. The van der Waals surface area contributed by atoms with Gasteiger partial charge in [-0.3, -0.25) is 0 Å². The molecule has 138 valence electrons. The summed E-state index contributed by atoms with van der Waals surface area (Å²) >= 11 is 23.7. The fourth-order valence-electron chi connectivity index (χ4n) is 2.95. The number of halogens is 3. The Bertz CT molecular complexity index is 844. The van der Waals surface area contributed by atoms with Crippen LogP contribution in [0.5, 0.6) is 11.5 Å². The highest BCUT2D eigenvalue weighted by molar-refractivity contribution is 7.80. The van der Waals surface area contributed by atoms with Gasteiger partial charge in [-0.25, -0.2) is 0 Å². The average molecular weight is 432 g/mol. The fraction of sp³-hybridized carbons (Fsp3) is 0.278. The van der Waals surface area contributed by atoms with E-state index in [9.17, 15) is 10.2 Å². The predicted molar refractivity (Wildman–Crippen MR) is 110 cm³/mol. The highest BCUT2D eigenvalue weighted by Crippen LogP contribution is 2.46. The molecule has 0 radical (unpaired) electrons. The zero-order valence-electron chi connectivity index (χ0n) is 13.7. The minimum Gasteiger partial charge on any atom is -0.503 e. The maximum absolute atomic E-state index is 9.91. The zero-order chi connectivity index (χ0) is 18.8. The summed E-state index contributed by atoms with van der Waals surface area (Å²) in [5, 5.41) is 24.6. The first kappa shape index (κ1) is 19.4. The number of aromatic hydroxyl groups is 2. The molecule has 0 saturated heterocycles. The Morgan fingerprint density at radius 1 is 1.04 bits per heavy atom. The van der Waals surface area contributed by atoms with Crippen LogP contribution >= 0.6 is 47.0 Å². The first-order valence-electron chi connectivity index (χ1n) is 8.06. The quantitative estimate of drug-likeness (QED) is 0.492. The molecule has 0 spiro atoms. The lowest BCUT2D eigenvalue weighted by Crippen LogP contribution is -2.43. The molecule has 8 heteroatoms. The molecule has 0 atom stereocenters. The Morgan fingerprint density at radius 2 is 1.65 bits per heavy atom. The van der Waals surface area contributed by atoms with Crippen LogP contribution in [0, 0.1) is 0 Å². The minimum absolute atomic E-state index is 0.121. The minimum atomic E-state index is -0.390. The highest BCUT2D eigenvalue weighted by atomic mass is 35.5. The van der Waals surface area contributed by atoms with E-state index in [1.54, 1.807) is 0 Å². The maximum Gasteiger partial charge on any atom is 0.178 e. The van der Waals surface area contributed by atoms with Crippen LogP contribution in [0.2, 0.25) is 15.1 Å². The van der Waals surface area contributed by atoms with Gasteiger partial charge < -0.3 is 20.4 Å². The molecule has 0 aromatic heterocycles. The Kier molecular flexibility index (Phi) is 6.03. The largest absolute Gasteiger partial charge is 0.503 e. The van der Waals surface area contributed by atoms with Gasteiger partial charge in [0.05, 0.1) is 10.0 Å². The van der Waals surface area contributed by atoms with Crippen LogP contribution in [0.1, 0.15) is 16.7 Å². The van der Waals surface area contributed by atoms with Crippen LogP contribution < -0.4 is 5.32 Å². The van der Waals surface area contributed by atoms with Crippen molar-refractivity contribution in [1.29, 1.82) is 0 Å². The number of nitrogens with one attached hydrogen (secondary N) is 1. The van der Waals surface area contributed by atoms with Crippen LogP contribution in [0.4, 0.5) is 0 Å². The van der Waals surface area contributed by atoms with Gasteiger partial charge in [-0.05, 0) is 53.9 Å². The van der Waals surface area contributed by atoms with Gasteiger partial charge in [-0.2, -0.15) is 0 Å². The molecule has 0 bridgehead atoms. The average Bonchev–Trinajstić information content (AvgIpc) is 2.65. The molecule has 4 nitrogen and oxygen atoms in total. The zero-order valence-corrected chi connectivity index (χ0v) is 16.8. The molecule has 0 amide bonds. The molecule has 0 fully saturated rings. The Labute approximate surface area is 172 Å². The molecule has 0 saturated carbocycles. The van der Waals surface area contributed by atoms with Crippen LogP contribution in [0.3, 0.4) is 0 Å². The van der Waals surface area contributed by atoms with Gasteiger partial charge >= 0.3 is 0 Å². The van der Waals surface area contributed by atoms with Crippen molar-refractivity contribution in [3.63, 3.8) is 0 Å². The molecular weight excluding hydrogens is 415 g/mol. The van der Waals surface area contributed by atoms with Gasteiger partial charge in [0, 0.05) is 24.7 Å². The molecule has 1 aliphatic heterocycles. The number of phenols is 2. The number of rotatable bonds is 3. The number of nitrogens with zero attached hydrogens (tertiary/aromatic N) is 1. The van der Waals surface area contributed by atoms with Crippen molar-refractivity contribution in [2.75, 3.05) is 13.1 Å². The third-order valence-electron chi connectivity index (χ3n) is 4.41. The number of hydrogen-bond donors (Lipinski definition) is 3. The van der Waals surface area contributed by atoms with Gasteiger partial charge in [-0.1, -0.05) is 46.9 Å². The molecule has 3 rings (SSSR count). The second kappa shape index (κ2) is 8.09. The summed E-state index contributed by atoms with van der Waals surface area (Å²) < 4.78 is 0. The molecule has 1 heterocycles. The normalized spacial score (nSPS) is 13.4. The number of fused-ring (bicyclic) bond motifs is 1. The Morgan fingerprint density at radius 3 is 2.31 bits per heavy atom. The summed E-state index contributed by atoms with van der Waals surface area (Å²) in [6, 6.07) is 7.71. The first-order valence-corrected chi connectivity index (χ1v) is 9.60. The summed E-state index contributed by atoms with van der Waals surface area (Å²) in [6.45, 7) is 1.77. The molecule has 3 N–H and O–H groups in total. The lowest BCUT2D eigenvalue weighted by atomic mass is 9.98. The number of phenolic OH excluding ortho intramolecular Hbond substituents is 2. The molecule has 1 aliphatic rings. The number of hydrogen-bond acceptors (Lipinski definition) is 3. The third kappa shape index (κ3) is 3.96. The van der Waals surface area contributed by atoms with Crippen molar-refractivity contribution in [1.82, 2.24) is 10.2 Å². The van der Waals surface area contributed by atoms with E-state index < -0.39 is 0 Å². The second-order valence-electron chi connectivity index (χ2n) is 6.06. The SMILES string of the molecule is Oc1c(O)c(Cl)c2c(c1Cl)CCN(C(=S)NCCc1ccc(Cl)cc1)C2. The molecular formula is C18H17Cl3N2O2S. The summed E-state index contributed by atoms with van der Waals surface area (Å²) in [5.41, 5.74) is 2.62. The van der Waals surface area contributed by atoms with E-state index >= 15 is 0 Å². The standard InChI is InChI=1S/C18H17Cl3N2O2S/c19-11-3-1-10(2-4-11)5-7-22-18(26)23-8-6-12-13(9-23)15(21)17(25)16(24)14(12)20/h1-4,24-25H,5-9H2,(H,22,26). The van der Waals surface area contributed by atoms with E-state index in [0.29, 0.717) is 41.8 Å².